The third-order valence-electron chi connectivity index (χ3n) is 3.27. The predicted octanol–water partition coefficient (Wildman–Crippen LogP) is 4.61. The number of alkyl halides is 3. The van der Waals surface area contributed by atoms with Crippen LogP contribution >= 0.6 is 0 Å². The smallest absolute Gasteiger partial charge is 0.416 e. The molecule has 0 saturated heterocycles. The number of rotatable bonds is 5. The van der Waals surface area contributed by atoms with E-state index in [2.05, 4.69) is 0 Å². The SMILES string of the molecule is COc1cc(C)cc(OC)c1OCc1ccc(C(F)(F)F)cc1. The van der Waals surface area contributed by atoms with E-state index >= 15 is 0 Å². The molecule has 0 N–H and O–H groups in total. The van der Waals surface area contributed by atoms with Crippen molar-refractivity contribution in [3.05, 3.63) is 53.1 Å². The van der Waals surface area contributed by atoms with Gasteiger partial charge in [-0.15, -0.1) is 0 Å². The van der Waals surface area contributed by atoms with Crippen molar-refractivity contribution in [3.63, 3.8) is 0 Å². The standard InChI is InChI=1S/C17H17F3O3/c1-11-8-14(21-2)16(15(9-11)22-3)23-10-12-4-6-13(7-5-12)17(18,19)20/h4-9H,10H2,1-3H3. The molecule has 0 atom stereocenters. The lowest BCUT2D eigenvalue weighted by atomic mass is 10.1. The zero-order valence-corrected chi connectivity index (χ0v) is 13.0. The summed E-state index contributed by atoms with van der Waals surface area (Å²) in [6.07, 6.45) is -4.34. The summed E-state index contributed by atoms with van der Waals surface area (Å²) in [7, 11) is 3.03. The van der Waals surface area contributed by atoms with Gasteiger partial charge >= 0.3 is 6.18 Å². The van der Waals surface area contributed by atoms with Crippen LogP contribution in [0.15, 0.2) is 36.4 Å². The lowest BCUT2D eigenvalue weighted by Crippen LogP contribution is -2.05. The second-order valence-electron chi connectivity index (χ2n) is 4.98. The van der Waals surface area contributed by atoms with Crippen molar-refractivity contribution in [3.8, 4) is 17.2 Å². The Morgan fingerprint density at radius 1 is 0.913 bits per heavy atom. The summed E-state index contributed by atoms with van der Waals surface area (Å²) in [6, 6.07) is 8.42. The predicted molar refractivity (Wildman–Crippen MR) is 80.1 cm³/mol. The number of halogens is 3. The van der Waals surface area contributed by atoms with Gasteiger partial charge in [-0.1, -0.05) is 12.1 Å². The minimum Gasteiger partial charge on any atom is -0.493 e. The van der Waals surface area contributed by atoms with Crippen LogP contribution in [-0.2, 0) is 12.8 Å². The molecule has 3 nitrogen and oxygen atoms in total. The maximum atomic E-state index is 12.5. The molecule has 0 spiro atoms. The Hall–Kier alpha value is -2.37. The molecule has 0 heterocycles. The topological polar surface area (TPSA) is 27.7 Å². The molecular weight excluding hydrogens is 309 g/mol. The molecule has 0 aliphatic rings. The first-order valence-electron chi connectivity index (χ1n) is 6.86. The third kappa shape index (κ3) is 4.09. The molecule has 23 heavy (non-hydrogen) atoms. The van der Waals surface area contributed by atoms with Crippen molar-refractivity contribution in [1.29, 1.82) is 0 Å². The van der Waals surface area contributed by atoms with Gasteiger partial charge in [0.25, 0.3) is 0 Å². The van der Waals surface area contributed by atoms with E-state index in [0.29, 0.717) is 22.8 Å². The summed E-state index contributed by atoms with van der Waals surface area (Å²) in [5.41, 5.74) is 0.870. The minimum absolute atomic E-state index is 0.105. The minimum atomic E-state index is -4.34. The van der Waals surface area contributed by atoms with Crippen molar-refractivity contribution < 1.29 is 27.4 Å². The van der Waals surface area contributed by atoms with E-state index in [9.17, 15) is 13.2 Å². The van der Waals surface area contributed by atoms with Gasteiger partial charge in [0.15, 0.2) is 11.5 Å². The van der Waals surface area contributed by atoms with Gasteiger partial charge in [-0.3, -0.25) is 0 Å². The molecule has 0 bridgehead atoms. The first kappa shape index (κ1) is 17.0. The summed E-state index contributed by atoms with van der Waals surface area (Å²) in [6.45, 7) is 2.00. The van der Waals surface area contributed by atoms with Crippen molar-refractivity contribution in [2.75, 3.05) is 14.2 Å². The molecule has 0 fully saturated rings. The van der Waals surface area contributed by atoms with Crippen molar-refractivity contribution in [2.24, 2.45) is 0 Å². The first-order valence-corrected chi connectivity index (χ1v) is 6.86. The molecule has 0 aromatic heterocycles. The number of hydrogen-bond acceptors (Lipinski definition) is 3. The molecule has 6 heteroatoms. The molecular formula is C17H17F3O3. The summed E-state index contributed by atoms with van der Waals surface area (Å²) < 4.78 is 53.8. The fraction of sp³-hybridized carbons (Fsp3) is 0.294. The largest absolute Gasteiger partial charge is 0.493 e. The summed E-state index contributed by atoms with van der Waals surface area (Å²) in [5.74, 6) is 1.43. The van der Waals surface area contributed by atoms with Crippen LogP contribution in [-0.4, -0.2) is 14.2 Å². The highest BCUT2D eigenvalue weighted by atomic mass is 19.4. The van der Waals surface area contributed by atoms with Gasteiger partial charge in [0.1, 0.15) is 6.61 Å². The van der Waals surface area contributed by atoms with Crippen LogP contribution in [0.5, 0.6) is 17.2 Å². The molecule has 2 aromatic carbocycles. The van der Waals surface area contributed by atoms with E-state index in [1.165, 1.54) is 26.4 Å². The van der Waals surface area contributed by atoms with Gasteiger partial charge in [0.05, 0.1) is 19.8 Å². The average molecular weight is 326 g/mol. The fourth-order valence-corrected chi connectivity index (χ4v) is 2.10. The van der Waals surface area contributed by atoms with Gasteiger partial charge in [0.2, 0.25) is 5.75 Å². The number of aryl methyl sites for hydroxylation is 1. The van der Waals surface area contributed by atoms with Gasteiger partial charge in [-0.25, -0.2) is 0 Å². The highest BCUT2D eigenvalue weighted by Gasteiger charge is 2.29. The van der Waals surface area contributed by atoms with E-state index in [0.717, 1.165) is 17.7 Å². The second-order valence-corrected chi connectivity index (χ2v) is 4.98. The van der Waals surface area contributed by atoms with Crippen molar-refractivity contribution >= 4 is 0 Å². The Bertz CT molecular complexity index is 639. The lowest BCUT2D eigenvalue weighted by Gasteiger charge is -2.15. The van der Waals surface area contributed by atoms with E-state index in [4.69, 9.17) is 14.2 Å². The zero-order valence-electron chi connectivity index (χ0n) is 13.0. The Labute approximate surface area is 132 Å². The van der Waals surface area contributed by atoms with E-state index in [1.807, 2.05) is 6.92 Å². The molecule has 0 amide bonds. The van der Waals surface area contributed by atoms with Crippen LogP contribution in [0, 0.1) is 6.92 Å². The molecule has 124 valence electrons. The number of ether oxygens (including phenoxy) is 3. The zero-order chi connectivity index (χ0) is 17.0. The molecule has 0 radical (unpaired) electrons. The number of methoxy groups -OCH3 is 2. The van der Waals surface area contributed by atoms with E-state index < -0.39 is 11.7 Å². The first-order chi connectivity index (χ1) is 10.8. The highest BCUT2D eigenvalue weighted by molar-refractivity contribution is 5.53. The normalized spacial score (nSPS) is 11.2. The molecule has 2 aromatic rings. The maximum absolute atomic E-state index is 12.5. The van der Waals surface area contributed by atoms with Crippen molar-refractivity contribution in [2.45, 2.75) is 19.7 Å². The van der Waals surface area contributed by atoms with Crippen LogP contribution in [0.3, 0.4) is 0 Å². The monoisotopic (exact) mass is 326 g/mol. The summed E-state index contributed by atoms with van der Waals surface area (Å²) in [5, 5.41) is 0. The summed E-state index contributed by atoms with van der Waals surface area (Å²) >= 11 is 0. The molecule has 0 saturated carbocycles. The van der Waals surface area contributed by atoms with Crippen LogP contribution in [0.2, 0.25) is 0 Å². The quantitative estimate of drug-likeness (QED) is 0.803. The Morgan fingerprint density at radius 3 is 1.87 bits per heavy atom. The van der Waals surface area contributed by atoms with Crippen LogP contribution in [0.1, 0.15) is 16.7 Å². The average Bonchev–Trinajstić information content (AvgIpc) is 2.52. The van der Waals surface area contributed by atoms with E-state index in [1.54, 1.807) is 12.1 Å². The van der Waals surface area contributed by atoms with Gasteiger partial charge in [0, 0.05) is 0 Å². The van der Waals surface area contributed by atoms with Gasteiger partial charge in [-0.05, 0) is 42.3 Å². The van der Waals surface area contributed by atoms with E-state index in [-0.39, 0.29) is 6.61 Å². The van der Waals surface area contributed by atoms with Gasteiger partial charge in [-0.2, -0.15) is 13.2 Å². The summed E-state index contributed by atoms with van der Waals surface area (Å²) in [4.78, 5) is 0. The Balaban J connectivity index is 2.18. The van der Waals surface area contributed by atoms with Crippen LogP contribution in [0.4, 0.5) is 13.2 Å². The molecule has 2 rings (SSSR count). The van der Waals surface area contributed by atoms with Crippen molar-refractivity contribution in [1.82, 2.24) is 0 Å². The second kappa shape index (κ2) is 6.81. The Morgan fingerprint density at radius 2 is 1.43 bits per heavy atom. The van der Waals surface area contributed by atoms with Crippen LogP contribution in [0.25, 0.3) is 0 Å². The third-order valence-corrected chi connectivity index (χ3v) is 3.27. The van der Waals surface area contributed by atoms with Crippen LogP contribution < -0.4 is 14.2 Å². The maximum Gasteiger partial charge on any atom is 0.416 e. The molecule has 0 aliphatic carbocycles. The molecule has 0 unspecified atom stereocenters. The number of benzene rings is 2. The highest BCUT2D eigenvalue weighted by Crippen LogP contribution is 2.39. The Kier molecular flexibility index (Phi) is 5.03. The molecule has 0 aliphatic heterocycles. The fourth-order valence-electron chi connectivity index (χ4n) is 2.10. The van der Waals surface area contributed by atoms with Gasteiger partial charge < -0.3 is 14.2 Å². The lowest BCUT2D eigenvalue weighted by molar-refractivity contribution is -0.137. The number of hydrogen-bond donors (Lipinski definition) is 0.